The van der Waals surface area contributed by atoms with Gasteiger partial charge in [-0.2, -0.15) is 0 Å². The van der Waals surface area contributed by atoms with E-state index in [-0.39, 0.29) is 11.9 Å². The quantitative estimate of drug-likeness (QED) is 0.830. The molecule has 0 atom stereocenters. The van der Waals surface area contributed by atoms with Gasteiger partial charge in [-0.3, -0.25) is 9.69 Å². The van der Waals surface area contributed by atoms with Gasteiger partial charge in [0.1, 0.15) is 0 Å². The summed E-state index contributed by atoms with van der Waals surface area (Å²) in [5.41, 5.74) is 3.97. The third-order valence-electron chi connectivity index (χ3n) is 5.87. The molecule has 152 valence electrons. The van der Waals surface area contributed by atoms with Crippen molar-refractivity contribution in [3.05, 3.63) is 59.7 Å². The summed E-state index contributed by atoms with van der Waals surface area (Å²) in [6, 6.07) is 15.7. The summed E-state index contributed by atoms with van der Waals surface area (Å²) in [7, 11) is 0. The Bertz CT molecular complexity index is 857. The highest BCUT2D eigenvalue weighted by molar-refractivity contribution is 6.02. The Balaban J connectivity index is 1.38. The minimum absolute atomic E-state index is 0.100. The first-order chi connectivity index (χ1) is 14.2. The fourth-order valence-corrected chi connectivity index (χ4v) is 4.23. The van der Waals surface area contributed by atoms with Crippen LogP contribution in [0.3, 0.4) is 0 Å². The maximum Gasteiger partial charge on any atom is 0.326 e. The fourth-order valence-electron chi connectivity index (χ4n) is 4.23. The van der Waals surface area contributed by atoms with Crippen LogP contribution in [0.5, 0.6) is 0 Å². The second-order valence-corrected chi connectivity index (χ2v) is 7.98. The summed E-state index contributed by atoms with van der Waals surface area (Å²) in [6.45, 7) is 2.49. The normalized spacial score (nSPS) is 16.7. The number of carbonyl (C=O) groups is 2. The summed E-state index contributed by atoms with van der Waals surface area (Å²) < 4.78 is 0. The van der Waals surface area contributed by atoms with Crippen LogP contribution in [0, 0.1) is 0 Å². The fraction of sp³-hybridized carbons (Fsp3) is 0.417. The zero-order valence-corrected chi connectivity index (χ0v) is 16.9. The molecule has 1 fully saturated rings. The van der Waals surface area contributed by atoms with Gasteiger partial charge in [0.25, 0.3) is 0 Å². The van der Waals surface area contributed by atoms with E-state index in [1.165, 1.54) is 12.0 Å². The summed E-state index contributed by atoms with van der Waals surface area (Å²) in [5.74, 6) is 0.197. The van der Waals surface area contributed by atoms with E-state index >= 15 is 0 Å². The van der Waals surface area contributed by atoms with Crippen LogP contribution in [0.2, 0.25) is 0 Å². The van der Waals surface area contributed by atoms with Crippen molar-refractivity contribution in [2.45, 2.75) is 44.9 Å². The zero-order valence-electron chi connectivity index (χ0n) is 16.9. The van der Waals surface area contributed by atoms with Crippen molar-refractivity contribution in [3.8, 4) is 0 Å². The van der Waals surface area contributed by atoms with Gasteiger partial charge in [0.05, 0.1) is 6.42 Å². The van der Waals surface area contributed by atoms with Crippen LogP contribution in [0.4, 0.5) is 16.2 Å². The number of carbonyl (C=O) groups excluding carboxylic acids is 2. The number of piperidine rings is 1. The monoisotopic (exact) mass is 391 g/mol. The predicted molar refractivity (Wildman–Crippen MR) is 116 cm³/mol. The highest BCUT2D eigenvalue weighted by Gasteiger charge is 2.21. The van der Waals surface area contributed by atoms with Crippen LogP contribution in [-0.4, -0.2) is 36.5 Å². The number of nitrogens with one attached hydrogen (secondary N) is 1. The van der Waals surface area contributed by atoms with Gasteiger partial charge in [-0.15, -0.1) is 0 Å². The Labute approximate surface area is 172 Å². The first-order valence-electron chi connectivity index (χ1n) is 10.7. The van der Waals surface area contributed by atoms with Gasteiger partial charge in [0.15, 0.2) is 0 Å². The molecule has 3 amide bonds. The summed E-state index contributed by atoms with van der Waals surface area (Å²) in [6.07, 6.45) is 6.97. The highest BCUT2D eigenvalue weighted by Crippen LogP contribution is 2.26. The van der Waals surface area contributed by atoms with Crippen molar-refractivity contribution in [2.75, 3.05) is 29.9 Å². The Morgan fingerprint density at radius 2 is 1.55 bits per heavy atom. The number of amides is 3. The molecule has 0 aromatic heterocycles. The zero-order chi connectivity index (χ0) is 20.1. The van der Waals surface area contributed by atoms with E-state index in [1.807, 2.05) is 52.3 Å². The standard InChI is InChI=1S/C24H29N3O2/c28-23(26-15-5-1-6-16-26)18-19-11-13-21(14-12-19)25-24(29)27-17-7-4-9-20-8-2-3-10-22(20)27/h2-3,8,10-14H,1,4-7,9,15-18H2,(H,25,29). The molecule has 1 N–H and O–H groups in total. The van der Waals surface area contributed by atoms with Crippen molar-refractivity contribution in [3.63, 3.8) is 0 Å². The molecule has 5 heteroatoms. The number of hydrogen-bond donors (Lipinski definition) is 1. The van der Waals surface area contributed by atoms with Crippen LogP contribution < -0.4 is 10.2 Å². The maximum atomic E-state index is 12.9. The van der Waals surface area contributed by atoms with Crippen molar-refractivity contribution < 1.29 is 9.59 Å². The number of para-hydroxylation sites is 1. The van der Waals surface area contributed by atoms with Gasteiger partial charge in [0, 0.05) is 31.0 Å². The van der Waals surface area contributed by atoms with Crippen molar-refractivity contribution in [1.82, 2.24) is 4.90 Å². The van der Waals surface area contributed by atoms with Gasteiger partial charge in [-0.05, 0) is 67.9 Å². The molecular weight excluding hydrogens is 362 g/mol. The van der Waals surface area contributed by atoms with Crippen LogP contribution in [-0.2, 0) is 17.6 Å². The molecule has 2 aromatic carbocycles. The van der Waals surface area contributed by atoms with Gasteiger partial charge in [-0.1, -0.05) is 30.3 Å². The molecule has 2 heterocycles. The SMILES string of the molecule is O=C(Cc1ccc(NC(=O)N2CCCCc3ccccc32)cc1)N1CCCCC1. The molecule has 4 rings (SSSR count). The maximum absolute atomic E-state index is 12.9. The molecule has 2 aliphatic heterocycles. The Kier molecular flexibility index (Phi) is 6.13. The number of nitrogens with zero attached hydrogens (tertiary/aromatic N) is 2. The number of anilines is 2. The smallest absolute Gasteiger partial charge is 0.326 e. The molecule has 29 heavy (non-hydrogen) atoms. The van der Waals surface area contributed by atoms with E-state index in [1.54, 1.807) is 0 Å². The lowest BCUT2D eigenvalue weighted by Gasteiger charge is -2.26. The molecule has 5 nitrogen and oxygen atoms in total. The third kappa shape index (κ3) is 4.78. The number of benzene rings is 2. The van der Waals surface area contributed by atoms with E-state index in [2.05, 4.69) is 11.4 Å². The highest BCUT2D eigenvalue weighted by atomic mass is 16.2. The minimum atomic E-state index is -0.100. The van der Waals surface area contributed by atoms with Gasteiger partial charge < -0.3 is 10.2 Å². The van der Waals surface area contributed by atoms with Crippen LogP contribution in [0.15, 0.2) is 48.5 Å². The van der Waals surface area contributed by atoms with Gasteiger partial charge in [0.2, 0.25) is 5.91 Å². The molecule has 0 bridgehead atoms. The topological polar surface area (TPSA) is 52.7 Å². The number of fused-ring (bicyclic) bond motifs is 1. The molecule has 0 radical (unpaired) electrons. The molecule has 0 aliphatic carbocycles. The Morgan fingerprint density at radius 3 is 2.34 bits per heavy atom. The number of likely N-dealkylation sites (tertiary alicyclic amines) is 1. The summed E-state index contributed by atoms with van der Waals surface area (Å²) in [4.78, 5) is 29.2. The number of rotatable bonds is 3. The molecule has 2 aromatic rings. The number of hydrogen-bond acceptors (Lipinski definition) is 2. The molecule has 0 spiro atoms. The van der Waals surface area contributed by atoms with Crippen molar-refractivity contribution in [1.29, 1.82) is 0 Å². The Hall–Kier alpha value is -2.82. The number of urea groups is 1. The molecular formula is C24H29N3O2. The van der Waals surface area contributed by atoms with E-state index in [9.17, 15) is 9.59 Å². The molecule has 0 saturated carbocycles. The minimum Gasteiger partial charge on any atom is -0.342 e. The van der Waals surface area contributed by atoms with Crippen molar-refractivity contribution in [2.24, 2.45) is 0 Å². The average molecular weight is 392 g/mol. The lowest BCUT2D eigenvalue weighted by molar-refractivity contribution is -0.131. The molecule has 0 unspecified atom stereocenters. The third-order valence-corrected chi connectivity index (χ3v) is 5.87. The first-order valence-corrected chi connectivity index (χ1v) is 10.7. The van der Waals surface area contributed by atoms with Crippen LogP contribution in [0.25, 0.3) is 0 Å². The first kappa shape index (κ1) is 19.5. The van der Waals surface area contributed by atoms with Gasteiger partial charge in [-0.25, -0.2) is 4.79 Å². The second-order valence-electron chi connectivity index (χ2n) is 7.98. The lowest BCUT2D eigenvalue weighted by atomic mass is 10.1. The average Bonchev–Trinajstić information content (AvgIpc) is 2.98. The van der Waals surface area contributed by atoms with Gasteiger partial charge >= 0.3 is 6.03 Å². The summed E-state index contributed by atoms with van der Waals surface area (Å²) >= 11 is 0. The van der Waals surface area contributed by atoms with Crippen molar-refractivity contribution >= 4 is 23.3 Å². The lowest BCUT2D eigenvalue weighted by Crippen LogP contribution is -2.36. The molecule has 1 saturated heterocycles. The van der Waals surface area contributed by atoms with E-state index in [0.717, 1.165) is 68.7 Å². The number of aryl methyl sites for hydroxylation is 1. The Morgan fingerprint density at radius 1 is 0.828 bits per heavy atom. The predicted octanol–water partition coefficient (Wildman–Crippen LogP) is 4.62. The molecule has 2 aliphatic rings. The van der Waals surface area contributed by atoms with E-state index in [0.29, 0.717) is 6.42 Å². The van der Waals surface area contributed by atoms with E-state index < -0.39 is 0 Å². The largest absolute Gasteiger partial charge is 0.342 e. The van der Waals surface area contributed by atoms with E-state index in [4.69, 9.17) is 0 Å². The summed E-state index contributed by atoms with van der Waals surface area (Å²) in [5, 5.41) is 3.02. The van der Waals surface area contributed by atoms with Crippen LogP contribution >= 0.6 is 0 Å². The second kappa shape index (κ2) is 9.12. The van der Waals surface area contributed by atoms with Crippen LogP contribution in [0.1, 0.15) is 43.2 Å².